The second kappa shape index (κ2) is 6.03. The van der Waals surface area contributed by atoms with Crippen molar-refractivity contribution >= 4 is 5.69 Å². The highest BCUT2D eigenvalue weighted by Crippen LogP contribution is 2.31. The van der Waals surface area contributed by atoms with E-state index >= 15 is 0 Å². The van der Waals surface area contributed by atoms with Crippen LogP contribution in [0.3, 0.4) is 0 Å². The molecular formula is C15H22N2O. The molecule has 3 heteroatoms. The minimum absolute atomic E-state index is 0.453. The summed E-state index contributed by atoms with van der Waals surface area (Å²) < 4.78 is 5.48. The van der Waals surface area contributed by atoms with E-state index < -0.39 is 0 Å². The Labute approximate surface area is 109 Å². The zero-order chi connectivity index (χ0) is 13.0. The predicted octanol–water partition coefficient (Wildman–Crippen LogP) is 2.44. The molecule has 0 aliphatic heterocycles. The number of fused-ring (bicyclic) bond motifs is 1. The van der Waals surface area contributed by atoms with Crippen molar-refractivity contribution in [3.05, 3.63) is 41.5 Å². The average molecular weight is 246 g/mol. The van der Waals surface area contributed by atoms with E-state index in [0.29, 0.717) is 12.6 Å². The SMILES string of the molecule is C=C(C)COCCNC1CCc2cc(N)ccc21. The van der Waals surface area contributed by atoms with Crippen molar-refractivity contribution in [2.24, 2.45) is 0 Å². The highest BCUT2D eigenvalue weighted by molar-refractivity contribution is 5.47. The summed E-state index contributed by atoms with van der Waals surface area (Å²) in [5, 5.41) is 3.54. The highest BCUT2D eigenvalue weighted by Gasteiger charge is 2.21. The predicted molar refractivity (Wildman–Crippen MR) is 75.6 cm³/mol. The highest BCUT2D eigenvalue weighted by atomic mass is 16.5. The zero-order valence-electron chi connectivity index (χ0n) is 11.0. The topological polar surface area (TPSA) is 47.3 Å². The Morgan fingerprint density at radius 1 is 1.56 bits per heavy atom. The fraction of sp³-hybridized carbons (Fsp3) is 0.467. The first kappa shape index (κ1) is 13.1. The molecule has 0 fully saturated rings. The molecule has 18 heavy (non-hydrogen) atoms. The lowest BCUT2D eigenvalue weighted by atomic mass is 10.1. The van der Waals surface area contributed by atoms with Gasteiger partial charge in [-0.25, -0.2) is 0 Å². The maximum atomic E-state index is 5.80. The summed E-state index contributed by atoms with van der Waals surface area (Å²) in [5.74, 6) is 0. The molecule has 3 nitrogen and oxygen atoms in total. The van der Waals surface area contributed by atoms with Gasteiger partial charge in [0.2, 0.25) is 0 Å². The fourth-order valence-electron chi connectivity index (χ4n) is 2.40. The van der Waals surface area contributed by atoms with Gasteiger partial charge in [-0.05, 0) is 43.0 Å². The van der Waals surface area contributed by atoms with Crippen molar-refractivity contribution in [2.45, 2.75) is 25.8 Å². The number of ether oxygens (including phenoxy) is 1. The van der Waals surface area contributed by atoms with Gasteiger partial charge in [0.25, 0.3) is 0 Å². The fourth-order valence-corrected chi connectivity index (χ4v) is 2.40. The van der Waals surface area contributed by atoms with Crippen molar-refractivity contribution in [3.8, 4) is 0 Å². The van der Waals surface area contributed by atoms with Gasteiger partial charge < -0.3 is 15.8 Å². The number of benzene rings is 1. The van der Waals surface area contributed by atoms with Gasteiger partial charge in [0.05, 0.1) is 13.2 Å². The first-order valence-electron chi connectivity index (χ1n) is 6.50. The maximum absolute atomic E-state index is 5.80. The van der Waals surface area contributed by atoms with Crippen LogP contribution in [0.2, 0.25) is 0 Å². The van der Waals surface area contributed by atoms with Crippen LogP contribution < -0.4 is 11.1 Å². The summed E-state index contributed by atoms with van der Waals surface area (Å²) in [6.07, 6.45) is 2.27. The van der Waals surface area contributed by atoms with Crippen LogP contribution in [0.15, 0.2) is 30.4 Å². The second-order valence-corrected chi connectivity index (χ2v) is 5.01. The number of rotatable bonds is 6. The first-order chi connectivity index (χ1) is 8.66. The van der Waals surface area contributed by atoms with E-state index in [9.17, 15) is 0 Å². The minimum atomic E-state index is 0.453. The molecule has 0 heterocycles. The molecule has 98 valence electrons. The molecule has 3 N–H and O–H groups in total. The maximum Gasteiger partial charge on any atom is 0.0672 e. The van der Waals surface area contributed by atoms with Gasteiger partial charge in [-0.1, -0.05) is 18.2 Å². The van der Waals surface area contributed by atoms with Gasteiger partial charge in [-0.3, -0.25) is 0 Å². The third kappa shape index (κ3) is 3.34. The van der Waals surface area contributed by atoms with E-state index in [-0.39, 0.29) is 0 Å². The van der Waals surface area contributed by atoms with Crippen LogP contribution >= 0.6 is 0 Å². The number of hydrogen-bond donors (Lipinski definition) is 2. The van der Waals surface area contributed by atoms with E-state index in [1.54, 1.807) is 0 Å². The number of anilines is 1. The van der Waals surface area contributed by atoms with Crippen molar-refractivity contribution in [1.29, 1.82) is 0 Å². The lowest BCUT2D eigenvalue weighted by Crippen LogP contribution is -2.24. The van der Waals surface area contributed by atoms with Gasteiger partial charge in [0.15, 0.2) is 0 Å². The average Bonchev–Trinajstić information content (AvgIpc) is 2.70. The van der Waals surface area contributed by atoms with Gasteiger partial charge in [0, 0.05) is 18.3 Å². The molecule has 0 radical (unpaired) electrons. The molecule has 0 bridgehead atoms. The lowest BCUT2D eigenvalue weighted by molar-refractivity contribution is 0.155. The third-order valence-corrected chi connectivity index (χ3v) is 3.23. The van der Waals surface area contributed by atoms with Crippen molar-refractivity contribution in [2.75, 3.05) is 25.5 Å². The Morgan fingerprint density at radius 2 is 2.39 bits per heavy atom. The molecule has 1 aromatic rings. The molecule has 0 saturated carbocycles. The summed E-state index contributed by atoms with van der Waals surface area (Å²) in [4.78, 5) is 0. The molecule has 0 spiro atoms. The standard InChI is InChI=1S/C15H22N2O/c1-11(2)10-18-8-7-17-15-6-3-12-9-13(16)4-5-14(12)15/h4-5,9,15,17H,1,3,6-8,10,16H2,2H3. The molecule has 0 amide bonds. The van der Waals surface area contributed by atoms with E-state index in [1.165, 1.54) is 11.1 Å². The zero-order valence-corrected chi connectivity index (χ0v) is 11.0. The van der Waals surface area contributed by atoms with Crippen LogP contribution in [0.1, 0.15) is 30.5 Å². The quantitative estimate of drug-likeness (QED) is 0.460. The smallest absolute Gasteiger partial charge is 0.0672 e. The summed E-state index contributed by atoms with van der Waals surface area (Å²) in [6.45, 7) is 8.05. The Balaban J connectivity index is 1.78. The van der Waals surface area contributed by atoms with Crippen molar-refractivity contribution in [3.63, 3.8) is 0 Å². The van der Waals surface area contributed by atoms with Gasteiger partial charge in [0.1, 0.15) is 0 Å². The van der Waals surface area contributed by atoms with Crippen LogP contribution in [0, 0.1) is 0 Å². The van der Waals surface area contributed by atoms with E-state index in [0.717, 1.165) is 37.3 Å². The number of nitrogen functional groups attached to an aromatic ring is 1. The molecule has 1 atom stereocenters. The minimum Gasteiger partial charge on any atom is -0.399 e. The first-order valence-corrected chi connectivity index (χ1v) is 6.50. The van der Waals surface area contributed by atoms with Crippen molar-refractivity contribution < 1.29 is 4.74 Å². The van der Waals surface area contributed by atoms with Crippen LogP contribution in [0.5, 0.6) is 0 Å². The number of aryl methyl sites for hydroxylation is 1. The van der Waals surface area contributed by atoms with Crippen molar-refractivity contribution in [1.82, 2.24) is 5.32 Å². The normalized spacial score (nSPS) is 17.7. The van der Waals surface area contributed by atoms with Gasteiger partial charge in [-0.15, -0.1) is 0 Å². The van der Waals surface area contributed by atoms with E-state index in [2.05, 4.69) is 24.0 Å². The molecule has 1 aromatic carbocycles. The summed E-state index contributed by atoms with van der Waals surface area (Å²) in [5.41, 5.74) is 10.5. The van der Waals surface area contributed by atoms with Crippen LogP contribution in [-0.2, 0) is 11.2 Å². The van der Waals surface area contributed by atoms with Gasteiger partial charge in [-0.2, -0.15) is 0 Å². The number of nitrogens with two attached hydrogens (primary N) is 1. The monoisotopic (exact) mass is 246 g/mol. The lowest BCUT2D eigenvalue weighted by Gasteiger charge is -2.14. The Hall–Kier alpha value is -1.32. The molecule has 2 rings (SSSR count). The van der Waals surface area contributed by atoms with Gasteiger partial charge >= 0.3 is 0 Å². The molecule has 0 saturated heterocycles. The number of nitrogens with one attached hydrogen (secondary N) is 1. The van der Waals surface area contributed by atoms with Crippen LogP contribution in [0.25, 0.3) is 0 Å². The molecule has 0 aromatic heterocycles. The molecule has 1 aliphatic carbocycles. The van der Waals surface area contributed by atoms with E-state index in [1.807, 2.05) is 13.0 Å². The Morgan fingerprint density at radius 3 is 3.17 bits per heavy atom. The summed E-state index contributed by atoms with van der Waals surface area (Å²) in [6, 6.07) is 6.67. The van der Waals surface area contributed by atoms with Crippen LogP contribution in [-0.4, -0.2) is 19.8 Å². The Bertz CT molecular complexity index is 429. The molecular weight excluding hydrogens is 224 g/mol. The summed E-state index contributed by atoms with van der Waals surface area (Å²) >= 11 is 0. The Kier molecular flexibility index (Phi) is 4.39. The van der Waals surface area contributed by atoms with E-state index in [4.69, 9.17) is 10.5 Å². The van der Waals surface area contributed by atoms with Crippen LogP contribution in [0.4, 0.5) is 5.69 Å². The summed E-state index contributed by atoms with van der Waals surface area (Å²) in [7, 11) is 0. The molecule has 1 aliphatic rings. The molecule has 1 unspecified atom stereocenters. The second-order valence-electron chi connectivity index (χ2n) is 5.01. The third-order valence-electron chi connectivity index (χ3n) is 3.23. The largest absolute Gasteiger partial charge is 0.399 e. The number of hydrogen-bond acceptors (Lipinski definition) is 3.